The summed E-state index contributed by atoms with van der Waals surface area (Å²) in [5.41, 5.74) is 4.69. The van der Waals surface area contributed by atoms with Gasteiger partial charge in [-0.05, 0) is 43.3 Å². The van der Waals surface area contributed by atoms with Crippen LogP contribution in [0.15, 0.2) is 54.7 Å². The van der Waals surface area contributed by atoms with Crippen molar-refractivity contribution in [1.29, 1.82) is 0 Å². The maximum absolute atomic E-state index is 11.8. The van der Waals surface area contributed by atoms with E-state index in [-0.39, 0.29) is 5.97 Å². The maximum atomic E-state index is 11.8. The van der Waals surface area contributed by atoms with Crippen LogP contribution in [-0.4, -0.2) is 51.8 Å². The molecule has 4 aromatic rings. The minimum Gasteiger partial charge on any atom is -0.462 e. The van der Waals surface area contributed by atoms with E-state index < -0.39 is 0 Å². The van der Waals surface area contributed by atoms with E-state index in [0.717, 1.165) is 39.9 Å². The lowest BCUT2D eigenvalue weighted by atomic mass is 10.1. The summed E-state index contributed by atoms with van der Waals surface area (Å²) in [6.07, 6.45) is 1.93. The Labute approximate surface area is 188 Å². The molecule has 1 fully saturated rings. The number of aromatic nitrogens is 3. The number of nitrogens with zero attached hydrogens (tertiary/aromatic N) is 4. The molecule has 3 heterocycles. The van der Waals surface area contributed by atoms with Gasteiger partial charge in [0.15, 0.2) is 0 Å². The number of carbonyl (C=O) groups is 1. The largest absolute Gasteiger partial charge is 0.462 e. The molecule has 31 heavy (non-hydrogen) atoms. The number of imidazole rings is 1. The monoisotopic (exact) mass is 450 g/mol. The number of hydrogen-bond acceptors (Lipinski definition) is 7. The Morgan fingerprint density at radius 1 is 1.03 bits per heavy atom. The highest BCUT2D eigenvalue weighted by molar-refractivity contribution is 7.99. The first-order valence-corrected chi connectivity index (χ1v) is 12.3. The lowest BCUT2D eigenvalue weighted by Crippen LogP contribution is -2.32. The molecule has 158 valence electrons. The minimum atomic E-state index is -0.309. The first-order valence-electron chi connectivity index (χ1n) is 10.3. The van der Waals surface area contributed by atoms with Crippen LogP contribution in [-0.2, 0) is 4.74 Å². The summed E-state index contributed by atoms with van der Waals surface area (Å²) in [6, 6.07) is 16.0. The summed E-state index contributed by atoms with van der Waals surface area (Å²) in [7, 11) is 0. The van der Waals surface area contributed by atoms with Gasteiger partial charge in [0, 0.05) is 41.4 Å². The summed E-state index contributed by atoms with van der Waals surface area (Å²) in [6.45, 7) is 4.39. The second kappa shape index (κ2) is 8.72. The molecule has 1 saturated heterocycles. The van der Waals surface area contributed by atoms with Crippen LogP contribution in [0.2, 0.25) is 0 Å². The molecule has 2 aromatic heterocycles. The van der Waals surface area contributed by atoms with Crippen molar-refractivity contribution in [3.05, 3.63) is 60.3 Å². The Balaban J connectivity index is 1.34. The molecule has 0 aliphatic carbocycles. The van der Waals surface area contributed by atoms with Crippen molar-refractivity contribution in [3.63, 3.8) is 0 Å². The fourth-order valence-corrected chi connectivity index (χ4v) is 5.37. The molecule has 2 aromatic carbocycles. The van der Waals surface area contributed by atoms with Gasteiger partial charge >= 0.3 is 5.97 Å². The highest BCUT2D eigenvalue weighted by Gasteiger charge is 2.14. The van der Waals surface area contributed by atoms with Crippen LogP contribution < -0.4 is 4.90 Å². The van der Waals surface area contributed by atoms with E-state index in [1.807, 2.05) is 34.6 Å². The fourth-order valence-electron chi connectivity index (χ4n) is 3.58. The zero-order chi connectivity index (χ0) is 21.2. The molecule has 1 aliphatic rings. The van der Waals surface area contributed by atoms with Crippen molar-refractivity contribution >= 4 is 39.7 Å². The third-order valence-corrected chi connectivity index (χ3v) is 7.14. The molecule has 1 aliphatic heterocycles. The second-order valence-electron chi connectivity index (χ2n) is 7.20. The lowest BCUT2D eigenvalue weighted by Gasteiger charge is -2.28. The number of rotatable bonds is 5. The van der Waals surface area contributed by atoms with Crippen LogP contribution in [0.5, 0.6) is 0 Å². The van der Waals surface area contributed by atoms with E-state index >= 15 is 0 Å². The van der Waals surface area contributed by atoms with Crippen molar-refractivity contribution < 1.29 is 9.53 Å². The predicted molar refractivity (Wildman–Crippen MR) is 127 cm³/mol. The highest BCUT2D eigenvalue weighted by Crippen LogP contribution is 2.30. The molecule has 6 nitrogen and oxygen atoms in total. The number of fused-ring (bicyclic) bond motifs is 1. The summed E-state index contributed by atoms with van der Waals surface area (Å²) >= 11 is 3.59. The maximum Gasteiger partial charge on any atom is 0.338 e. The standard InChI is InChI=1S/C23H22N4O2S2/c1-2-29-22(28)18-5-3-16(4-6-18)20-15-27-23(24-20)31-21(25-27)17-7-9-19(10-8-17)26-11-13-30-14-12-26/h3-10,15H,2,11-14H2,1H3. The van der Waals surface area contributed by atoms with Crippen molar-refractivity contribution in [2.24, 2.45) is 0 Å². The van der Waals surface area contributed by atoms with Crippen molar-refractivity contribution in [3.8, 4) is 21.8 Å². The number of ether oxygens (including phenoxy) is 1. The average Bonchev–Trinajstić information content (AvgIpc) is 3.40. The molecule has 0 amide bonds. The van der Waals surface area contributed by atoms with Crippen LogP contribution in [0, 0.1) is 0 Å². The first kappa shape index (κ1) is 20.1. The number of carbonyl (C=O) groups excluding carboxylic acids is 1. The Morgan fingerprint density at radius 3 is 2.42 bits per heavy atom. The SMILES string of the molecule is CCOC(=O)c1ccc(-c2cn3nc(-c4ccc(N5CCSCC5)cc4)sc3n2)cc1. The second-order valence-corrected chi connectivity index (χ2v) is 9.39. The molecule has 0 radical (unpaired) electrons. The van der Waals surface area contributed by atoms with Gasteiger partial charge in [0.2, 0.25) is 4.96 Å². The zero-order valence-electron chi connectivity index (χ0n) is 17.2. The van der Waals surface area contributed by atoms with Gasteiger partial charge in [0.05, 0.1) is 24.1 Å². The zero-order valence-corrected chi connectivity index (χ0v) is 18.8. The molecule has 0 N–H and O–H groups in total. The van der Waals surface area contributed by atoms with Crippen molar-refractivity contribution in [2.75, 3.05) is 36.1 Å². The highest BCUT2D eigenvalue weighted by atomic mass is 32.2. The van der Waals surface area contributed by atoms with Gasteiger partial charge in [-0.25, -0.2) is 14.3 Å². The predicted octanol–water partition coefficient (Wildman–Crippen LogP) is 4.85. The van der Waals surface area contributed by atoms with Crippen LogP contribution in [0.3, 0.4) is 0 Å². The molecule has 0 unspecified atom stereocenters. The minimum absolute atomic E-state index is 0.309. The van der Waals surface area contributed by atoms with E-state index in [1.54, 1.807) is 30.4 Å². The van der Waals surface area contributed by atoms with E-state index in [0.29, 0.717) is 12.2 Å². The third-order valence-electron chi connectivity index (χ3n) is 5.23. The molecule has 0 spiro atoms. The molecular formula is C23H22N4O2S2. The molecule has 8 heteroatoms. The lowest BCUT2D eigenvalue weighted by molar-refractivity contribution is 0.0526. The van der Waals surface area contributed by atoms with E-state index in [4.69, 9.17) is 14.8 Å². The molecule has 5 rings (SSSR count). The fraction of sp³-hybridized carbons (Fsp3) is 0.261. The molecular weight excluding hydrogens is 428 g/mol. The Kier molecular flexibility index (Phi) is 5.65. The van der Waals surface area contributed by atoms with Crippen LogP contribution in [0.4, 0.5) is 5.69 Å². The third kappa shape index (κ3) is 4.18. The van der Waals surface area contributed by atoms with Crippen molar-refractivity contribution in [2.45, 2.75) is 6.92 Å². The van der Waals surface area contributed by atoms with Crippen LogP contribution in [0.25, 0.3) is 26.8 Å². The normalized spacial score (nSPS) is 14.2. The van der Waals surface area contributed by atoms with E-state index in [2.05, 4.69) is 29.2 Å². The van der Waals surface area contributed by atoms with E-state index in [9.17, 15) is 4.79 Å². The van der Waals surface area contributed by atoms with Gasteiger partial charge in [-0.2, -0.15) is 16.9 Å². The van der Waals surface area contributed by atoms with E-state index in [1.165, 1.54) is 17.2 Å². The number of hydrogen-bond donors (Lipinski definition) is 0. The quantitative estimate of drug-likeness (QED) is 0.405. The number of thioether (sulfide) groups is 1. The first-order chi connectivity index (χ1) is 15.2. The smallest absolute Gasteiger partial charge is 0.338 e. The summed E-state index contributed by atoms with van der Waals surface area (Å²) in [5.74, 6) is 2.08. The summed E-state index contributed by atoms with van der Waals surface area (Å²) < 4.78 is 6.86. The molecule has 0 saturated carbocycles. The average molecular weight is 451 g/mol. The van der Waals surface area contributed by atoms with Gasteiger partial charge in [-0.3, -0.25) is 0 Å². The summed E-state index contributed by atoms with van der Waals surface area (Å²) in [4.78, 5) is 19.8. The summed E-state index contributed by atoms with van der Waals surface area (Å²) in [5, 5.41) is 5.67. The van der Waals surface area contributed by atoms with Crippen LogP contribution in [0.1, 0.15) is 17.3 Å². The molecule has 0 bridgehead atoms. The molecule has 0 atom stereocenters. The Hall–Kier alpha value is -2.84. The number of benzene rings is 2. The van der Waals surface area contributed by atoms with Gasteiger partial charge in [0.1, 0.15) is 5.01 Å². The topological polar surface area (TPSA) is 59.7 Å². The van der Waals surface area contributed by atoms with Gasteiger partial charge in [-0.1, -0.05) is 23.5 Å². The Morgan fingerprint density at radius 2 is 1.74 bits per heavy atom. The van der Waals surface area contributed by atoms with Gasteiger partial charge in [0.25, 0.3) is 0 Å². The van der Waals surface area contributed by atoms with Crippen LogP contribution >= 0.6 is 23.1 Å². The Bertz CT molecular complexity index is 1160. The van der Waals surface area contributed by atoms with Gasteiger partial charge < -0.3 is 9.64 Å². The number of esters is 1. The van der Waals surface area contributed by atoms with Crippen molar-refractivity contribution in [1.82, 2.24) is 14.6 Å². The van der Waals surface area contributed by atoms with Gasteiger partial charge in [-0.15, -0.1) is 0 Å². The number of anilines is 1.